The molecule has 96 valence electrons. The minimum absolute atomic E-state index is 0.194. The number of fused-ring (bicyclic) bond motifs is 1. The summed E-state index contributed by atoms with van der Waals surface area (Å²) in [5.74, 6) is -1.98. The van der Waals surface area contributed by atoms with E-state index in [1.54, 1.807) is 0 Å². The van der Waals surface area contributed by atoms with E-state index in [0.717, 1.165) is 12.1 Å². The fourth-order valence-electron chi connectivity index (χ4n) is 2.18. The third kappa shape index (κ3) is 1.83. The summed E-state index contributed by atoms with van der Waals surface area (Å²) in [5.41, 5.74) is 1.39. The van der Waals surface area contributed by atoms with Crippen LogP contribution in [-0.4, -0.2) is 16.4 Å². The summed E-state index contributed by atoms with van der Waals surface area (Å²) >= 11 is 0. The number of hydrogen-bond donors (Lipinski definition) is 2. The summed E-state index contributed by atoms with van der Waals surface area (Å²) in [5, 5.41) is 18.8. The molecule has 19 heavy (non-hydrogen) atoms. The first kappa shape index (κ1) is 11.6. The van der Waals surface area contributed by atoms with E-state index in [-0.39, 0.29) is 5.75 Å². The van der Waals surface area contributed by atoms with Crippen molar-refractivity contribution < 1.29 is 19.0 Å². The molecule has 0 bridgehead atoms. The molecule has 2 aromatic carbocycles. The zero-order chi connectivity index (χ0) is 13.6. The smallest absolute Gasteiger partial charge is 0.165 e. The van der Waals surface area contributed by atoms with Gasteiger partial charge in [0.25, 0.3) is 0 Å². The second-order valence-corrected chi connectivity index (χ2v) is 4.32. The van der Waals surface area contributed by atoms with Gasteiger partial charge in [-0.15, -0.1) is 0 Å². The Balaban J connectivity index is 2.11. The Kier molecular flexibility index (Phi) is 2.48. The topological polar surface area (TPSA) is 52.8 Å². The molecule has 0 radical (unpaired) electrons. The lowest BCUT2D eigenvalue weighted by Gasteiger charge is -2.11. The molecule has 1 heterocycles. The van der Waals surface area contributed by atoms with Crippen LogP contribution in [0.25, 0.3) is 0 Å². The maximum atomic E-state index is 13.3. The Morgan fingerprint density at radius 1 is 1.00 bits per heavy atom. The van der Waals surface area contributed by atoms with Crippen LogP contribution < -0.4 is 0 Å². The average Bonchev–Trinajstić information content (AvgIpc) is 2.76. The zero-order valence-electron chi connectivity index (χ0n) is 9.64. The molecule has 5 heteroatoms. The summed E-state index contributed by atoms with van der Waals surface area (Å²) in [7, 11) is 0. The van der Waals surface area contributed by atoms with Crippen LogP contribution in [0, 0.1) is 11.6 Å². The van der Waals surface area contributed by atoms with Gasteiger partial charge in [-0.25, -0.2) is 8.78 Å². The highest BCUT2D eigenvalue weighted by molar-refractivity contribution is 5.89. The van der Waals surface area contributed by atoms with Crippen molar-refractivity contribution >= 4 is 6.21 Å². The van der Waals surface area contributed by atoms with E-state index >= 15 is 0 Å². The van der Waals surface area contributed by atoms with Gasteiger partial charge in [0.1, 0.15) is 17.6 Å². The van der Waals surface area contributed by atoms with Crippen LogP contribution in [0.4, 0.5) is 8.78 Å². The highest BCUT2D eigenvalue weighted by Crippen LogP contribution is 2.37. The van der Waals surface area contributed by atoms with Crippen molar-refractivity contribution in [1.82, 2.24) is 0 Å². The largest absolute Gasteiger partial charge is 0.507 e. The van der Waals surface area contributed by atoms with Crippen molar-refractivity contribution in [3.63, 3.8) is 0 Å². The van der Waals surface area contributed by atoms with E-state index in [4.69, 9.17) is 5.11 Å². The second kappa shape index (κ2) is 4.05. The number of aliphatic imine (C=N–C) groups is 1. The minimum atomic E-state index is -0.762. The first-order chi connectivity index (χ1) is 9.06. The van der Waals surface area contributed by atoms with Crippen molar-refractivity contribution in [1.29, 1.82) is 0 Å². The van der Waals surface area contributed by atoms with Crippen LogP contribution in [0.3, 0.4) is 0 Å². The van der Waals surface area contributed by atoms with Crippen molar-refractivity contribution in [2.24, 2.45) is 4.99 Å². The molecule has 3 nitrogen and oxygen atoms in total. The molecule has 3 rings (SSSR count). The standard InChI is InChI=1S/C14H9F2NO2/c15-8-4-9-10(13(19)5-8)6-17-14(9)7-1-2-12(18)11(16)3-7/h1-6,14,18-19H. The molecule has 1 atom stereocenters. The molecule has 0 amide bonds. The average molecular weight is 261 g/mol. The van der Waals surface area contributed by atoms with E-state index in [0.29, 0.717) is 16.7 Å². The maximum Gasteiger partial charge on any atom is 0.165 e. The second-order valence-electron chi connectivity index (χ2n) is 4.32. The van der Waals surface area contributed by atoms with Gasteiger partial charge in [-0.3, -0.25) is 4.99 Å². The van der Waals surface area contributed by atoms with Crippen molar-refractivity contribution in [3.8, 4) is 11.5 Å². The summed E-state index contributed by atoms with van der Waals surface area (Å²) in [6.07, 6.45) is 1.43. The number of hydrogen-bond acceptors (Lipinski definition) is 3. The number of aromatic hydroxyl groups is 2. The van der Waals surface area contributed by atoms with Crippen LogP contribution in [0.5, 0.6) is 11.5 Å². The zero-order valence-corrected chi connectivity index (χ0v) is 9.64. The van der Waals surface area contributed by atoms with Crippen LogP contribution in [0.1, 0.15) is 22.7 Å². The molecule has 2 aromatic rings. The normalized spacial score (nSPS) is 16.6. The predicted molar refractivity (Wildman–Crippen MR) is 65.6 cm³/mol. The van der Waals surface area contributed by atoms with Gasteiger partial charge in [0.15, 0.2) is 11.6 Å². The molecule has 0 fully saturated rings. The summed E-state index contributed by atoms with van der Waals surface area (Å²) in [4.78, 5) is 4.15. The maximum absolute atomic E-state index is 13.3. The number of nitrogens with zero attached hydrogens (tertiary/aromatic N) is 1. The molecule has 1 aliphatic heterocycles. The van der Waals surface area contributed by atoms with E-state index in [2.05, 4.69) is 4.99 Å². The number of phenolic OH excluding ortho intramolecular Hbond substituents is 2. The number of rotatable bonds is 1. The monoisotopic (exact) mass is 261 g/mol. The van der Waals surface area contributed by atoms with Crippen LogP contribution >= 0.6 is 0 Å². The Morgan fingerprint density at radius 3 is 2.53 bits per heavy atom. The highest BCUT2D eigenvalue weighted by atomic mass is 19.1. The van der Waals surface area contributed by atoms with E-state index < -0.39 is 23.4 Å². The van der Waals surface area contributed by atoms with Crippen LogP contribution in [-0.2, 0) is 0 Å². The molecule has 0 spiro atoms. The molecule has 1 aliphatic rings. The third-order valence-electron chi connectivity index (χ3n) is 3.09. The molecule has 0 aliphatic carbocycles. The van der Waals surface area contributed by atoms with Gasteiger partial charge >= 0.3 is 0 Å². The molecule has 0 aromatic heterocycles. The lowest BCUT2D eigenvalue weighted by molar-refractivity contribution is 0.431. The number of benzene rings is 2. The Labute approximate surface area is 107 Å². The van der Waals surface area contributed by atoms with E-state index in [1.165, 1.54) is 24.4 Å². The SMILES string of the molecule is Oc1ccc(C2N=Cc3c(O)cc(F)cc32)cc1F. The van der Waals surface area contributed by atoms with Gasteiger partial charge in [-0.05, 0) is 29.3 Å². The molecule has 2 N–H and O–H groups in total. The predicted octanol–water partition coefficient (Wildman–Crippen LogP) is 2.90. The highest BCUT2D eigenvalue weighted by Gasteiger charge is 2.24. The first-order valence-corrected chi connectivity index (χ1v) is 5.60. The third-order valence-corrected chi connectivity index (χ3v) is 3.09. The molecule has 0 saturated carbocycles. The van der Waals surface area contributed by atoms with Gasteiger partial charge < -0.3 is 10.2 Å². The molecule has 0 saturated heterocycles. The van der Waals surface area contributed by atoms with E-state index in [9.17, 15) is 13.9 Å². The van der Waals surface area contributed by atoms with Gasteiger partial charge in [-0.2, -0.15) is 0 Å². The first-order valence-electron chi connectivity index (χ1n) is 5.60. The fraction of sp³-hybridized carbons (Fsp3) is 0.0714. The summed E-state index contributed by atoms with van der Waals surface area (Å²) < 4.78 is 26.7. The van der Waals surface area contributed by atoms with Gasteiger partial charge in [0.2, 0.25) is 0 Å². The summed E-state index contributed by atoms with van der Waals surface area (Å²) in [6.45, 7) is 0. The lowest BCUT2D eigenvalue weighted by Crippen LogP contribution is -1.97. The quantitative estimate of drug-likeness (QED) is 0.829. The van der Waals surface area contributed by atoms with Crippen molar-refractivity contribution in [3.05, 3.63) is 58.7 Å². The van der Waals surface area contributed by atoms with Crippen molar-refractivity contribution in [2.75, 3.05) is 0 Å². The summed E-state index contributed by atoms with van der Waals surface area (Å²) in [6, 6.07) is 5.57. The van der Waals surface area contributed by atoms with E-state index in [1.807, 2.05) is 0 Å². The van der Waals surface area contributed by atoms with Gasteiger partial charge in [-0.1, -0.05) is 6.07 Å². The minimum Gasteiger partial charge on any atom is -0.507 e. The van der Waals surface area contributed by atoms with Gasteiger partial charge in [0.05, 0.1) is 0 Å². The van der Waals surface area contributed by atoms with Gasteiger partial charge in [0, 0.05) is 17.8 Å². The molecular weight excluding hydrogens is 252 g/mol. The number of phenols is 2. The Bertz CT molecular complexity index is 698. The lowest BCUT2D eigenvalue weighted by atomic mass is 9.97. The Hall–Kier alpha value is -2.43. The van der Waals surface area contributed by atoms with Crippen LogP contribution in [0.2, 0.25) is 0 Å². The number of halogens is 2. The Morgan fingerprint density at radius 2 is 1.79 bits per heavy atom. The fourth-order valence-corrected chi connectivity index (χ4v) is 2.18. The van der Waals surface area contributed by atoms with Crippen LogP contribution in [0.15, 0.2) is 35.3 Å². The van der Waals surface area contributed by atoms with Crippen molar-refractivity contribution in [2.45, 2.75) is 6.04 Å². The molecular formula is C14H9F2NO2. The molecule has 1 unspecified atom stereocenters.